The number of halogens is 3. The molecular weight excluding hydrogens is 354 g/mol. The van der Waals surface area contributed by atoms with Gasteiger partial charge in [-0.25, -0.2) is 13.3 Å². The Labute approximate surface area is 138 Å². The number of anilines is 1. The molecule has 0 spiro atoms. The SMILES string of the molecule is O=C(CCCC[n+]1ccccc1)Nc1ccc(F)c(F)c1.[Br-]. The average molecular weight is 371 g/mol. The lowest BCUT2D eigenvalue weighted by molar-refractivity contribution is -0.697. The molecule has 2 aromatic rings. The van der Waals surface area contributed by atoms with Crippen molar-refractivity contribution in [3.8, 4) is 0 Å². The van der Waals surface area contributed by atoms with Gasteiger partial charge in [-0.2, -0.15) is 0 Å². The first-order valence-corrected chi connectivity index (χ1v) is 6.84. The summed E-state index contributed by atoms with van der Waals surface area (Å²) in [6, 6.07) is 9.18. The molecule has 1 aromatic carbocycles. The van der Waals surface area contributed by atoms with Crippen molar-refractivity contribution in [3.63, 3.8) is 0 Å². The standard InChI is InChI=1S/C16H16F2N2O.BrH/c17-14-8-7-13(12-15(14)18)19-16(21)6-2-5-11-20-9-3-1-4-10-20;/h1,3-4,7-10,12H,2,5-6,11H2;1H. The highest BCUT2D eigenvalue weighted by molar-refractivity contribution is 5.90. The van der Waals surface area contributed by atoms with Crippen LogP contribution in [0.5, 0.6) is 0 Å². The van der Waals surface area contributed by atoms with E-state index in [-0.39, 0.29) is 28.6 Å². The van der Waals surface area contributed by atoms with Crippen molar-refractivity contribution in [2.75, 3.05) is 5.32 Å². The molecule has 0 bridgehead atoms. The summed E-state index contributed by atoms with van der Waals surface area (Å²) in [4.78, 5) is 11.7. The Balaban J connectivity index is 0.00000242. The number of benzene rings is 1. The third kappa shape index (κ3) is 5.89. The number of nitrogens with one attached hydrogen (secondary N) is 1. The summed E-state index contributed by atoms with van der Waals surface area (Å²) < 4.78 is 27.8. The molecular formula is C16H17BrF2N2O. The van der Waals surface area contributed by atoms with E-state index in [1.54, 1.807) is 0 Å². The van der Waals surface area contributed by atoms with Gasteiger partial charge in [-0.3, -0.25) is 4.79 Å². The number of unbranched alkanes of at least 4 members (excludes halogenated alkanes) is 1. The smallest absolute Gasteiger partial charge is 0.224 e. The number of aryl methyl sites for hydroxylation is 1. The maximum atomic E-state index is 13.0. The molecule has 0 saturated carbocycles. The van der Waals surface area contributed by atoms with Gasteiger partial charge in [0.05, 0.1) is 0 Å². The van der Waals surface area contributed by atoms with E-state index in [1.165, 1.54) is 6.07 Å². The van der Waals surface area contributed by atoms with E-state index in [0.717, 1.165) is 31.5 Å². The first-order chi connectivity index (χ1) is 10.1. The zero-order valence-electron chi connectivity index (χ0n) is 11.9. The molecule has 118 valence electrons. The Morgan fingerprint density at radius 2 is 1.77 bits per heavy atom. The van der Waals surface area contributed by atoms with Crippen molar-refractivity contribution < 1.29 is 35.1 Å². The van der Waals surface area contributed by atoms with Crippen LogP contribution < -0.4 is 26.9 Å². The van der Waals surface area contributed by atoms with Gasteiger partial charge in [-0.1, -0.05) is 6.07 Å². The molecule has 6 heteroatoms. The zero-order valence-corrected chi connectivity index (χ0v) is 13.5. The number of carbonyl (C=O) groups is 1. The number of hydrogen-bond donors (Lipinski definition) is 1. The molecule has 0 fully saturated rings. The number of rotatable bonds is 6. The Bertz CT molecular complexity index is 608. The van der Waals surface area contributed by atoms with E-state index < -0.39 is 11.6 Å². The normalized spacial score (nSPS) is 9.91. The number of hydrogen-bond acceptors (Lipinski definition) is 1. The van der Waals surface area contributed by atoms with Gasteiger partial charge in [0.25, 0.3) is 0 Å². The fraction of sp³-hybridized carbons (Fsp3) is 0.250. The maximum Gasteiger partial charge on any atom is 0.224 e. The van der Waals surface area contributed by atoms with E-state index in [4.69, 9.17) is 0 Å². The third-order valence-corrected chi connectivity index (χ3v) is 3.05. The minimum absolute atomic E-state index is 0. The number of aromatic nitrogens is 1. The van der Waals surface area contributed by atoms with Gasteiger partial charge in [0.1, 0.15) is 6.54 Å². The van der Waals surface area contributed by atoms with E-state index >= 15 is 0 Å². The van der Waals surface area contributed by atoms with Crippen molar-refractivity contribution in [3.05, 3.63) is 60.4 Å². The van der Waals surface area contributed by atoms with Crippen LogP contribution in [0.2, 0.25) is 0 Å². The average Bonchev–Trinajstić information content (AvgIpc) is 2.49. The Morgan fingerprint density at radius 3 is 2.45 bits per heavy atom. The Kier molecular flexibility index (Phi) is 7.66. The second-order valence-electron chi connectivity index (χ2n) is 4.75. The van der Waals surface area contributed by atoms with Crippen LogP contribution >= 0.6 is 0 Å². The first kappa shape index (κ1) is 18.2. The van der Waals surface area contributed by atoms with Gasteiger partial charge >= 0.3 is 0 Å². The summed E-state index contributed by atoms with van der Waals surface area (Å²) >= 11 is 0. The lowest BCUT2D eigenvalue weighted by atomic mass is 10.2. The summed E-state index contributed by atoms with van der Waals surface area (Å²) in [6.45, 7) is 0.847. The van der Waals surface area contributed by atoms with E-state index in [2.05, 4.69) is 5.32 Å². The molecule has 0 aliphatic carbocycles. The zero-order chi connectivity index (χ0) is 15.1. The number of nitrogens with zero attached hydrogens (tertiary/aromatic N) is 1. The summed E-state index contributed by atoms with van der Waals surface area (Å²) in [5, 5.41) is 2.56. The van der Waals surface area contributed by atoms with Crippen molar-refractivity contribution in [1.29, 1.82) is 0 Å². The second kappa shape index (κ2) is 9.25. The number of carbonyl (C=O) groups excluding carboxylic acids is 1. The van der Waals surface area contributed by atoms with Crippen molar-refractivity contribution in [2.45, 2.75) is 25.8 Å². The highest BCUT2D eigenvalue weighted by Gasteiger charge is 2.07. The van der Waals surface area contributed by atoms with Gasteiger partial charge in [-0.15, -0.1) is 0 Å². The van der Waals surface area contributed by atoms with Crippen molar-refractivity contribution in [1.82, 2.24) is 0 Å². The fourth-order valence-corrected chi connectivity index (χ4v) is 1.96. The third-order valence-electron chi connectivity index (χ3n) is 3.05. The molecule has 1 heterocycles. The highest BCUT2D eigenvalue weighted by atomic mass is 79.9. The summed E-state index contributed by atoms with van der Waals surface area (Å²) in [5.74, 6) is -2.08. The summed E-state index contributed by atoms with van der Waals surface area (Å²) in [5.41, 5.74) is 0.274. The molecule has 1 amide bonds. The Hall–Kier alpha value is -1.82. The largest absolute Gasteiger partial charge is 1.00 e. The monoisotopic (exact) mass is 370 g/mol. The molecule has 1 N–H and O–H groups in total. The minimum Gasteiger partial charge on any atom is -1.00 e. The highest BCUT2D eigenvalue weighted by Crippen LogP contribution is 2.13. The predicted molar refractivity (Wildman–Crippen MR) is 75.5 cm³/mol. The lowest BCUT2D eigenvalue weighted by Gasteiger charge is -2.05. The number of amides is 1. The lowest BCUT2D eigenvalue weighted by Crippen LogP contribution is -3.00. The van der Waals surface area contributed by atoms with Gasteiger partial charge in [0.15, 0.2) is 24.0 Å². The quantitative estimate of drug-likeness (QED) is 0.566. The van der Waals surface area contributed by atoms with Crippen LogP contribution in [0.3, 0.4) is 0 Å². The molecule has 0 unspecified atom stereocenters. The van der Waals surface area contributed by atoms with E-state index in [0.29, 0.717) is 6.42 Å². The van der Waals surface area contributed by atoms with Crippen LogP contribution in [0.4, 0.5) is 14.5 Å². The van der Waals surface area contributed by atoms with Crippen LogP contribution in [0.15, 0.2) is 48.8 Å². The Morgan fingerprint density at radius 1 is 1.05 bits per heavy atom. The van der Waals surface area contributed by atoms with Crippen LogP contribution in [-0.2, 0) is 11.3 Å². The van der Waals surface area contributed by atoms with E-state index in [9.17, 15) is 13.6 Å². The number of pyridine rings is 1. The van der Waals surface area contributed by atoms with Gasteiger partial charge in [0, 0.05) is 36.7 Å². The summed E-state index contributed by atoms with van der Waals surface area (Å²) in [7, 11) is 0. The molecule has 22 heavy (non-hydrogen) atoms. The molecule has 1 aromatic heterocycles. The minimum atomic E-state index is -0.965. The molecule has 0 saturated heterocycles. The topological polar surface area (TPSA) is 33.0 Å². The molecule has 0 atom stereocenters. The first-order valence-electron chi connectivity index (χ1n) is 6.84. The maximum absolute atomic E-state index is 13.0. The van der Waals surface area contributed by atoms with Gasteiger partial charge in [0.2, 0.25) is 5.91 Å². The van der Waals surface area contributed by atoms with Crippen molar-refractivity contribution in [2.24, 2.45) is 0 Å². The summed E-state index contributed by atoms with van der Waals surface area (Å²) in [6.07, 6.45) is 5.91. The molecule has 0 radical (unpaired) electrons. The predicted octanol–water partition coefficient (Wildman–Crippen LogP) is 0.0653. The van der Waals surface area contributed by atoms with E-state index in [1.807, 2.05) is 35.2 Å². The van der Waals surface area contributed by atoms with Gasteiger partial charge in [-0.05, 0) is 18.6 Å². The molecule has 0 aliphatic rings. The van der Waals surface area contributed by atoms with Crippen LogP contribution in [0, 0.1) is 11.6 Å². The fourth-order valence-electron chi connectivity index (χ4n) is 1.96. The van der Waals surface area contributed by atoms with Crippen LogP contribution in [0.1, 0.15) is 19.3 Å². The second-order valence-corrected chi connectivity index (χ2v) is 4.75. The molecule has 0 aliphatic heterocycles. The molecule has 2 rings (SSSR count). The van der Waals surface area contributed by atoms with Crippen LogP contribution in [-0.4, -0.2) is 5.91 Å². The van der Waals surface area contributed by atoms with Gasteiger partial charge < -0.3 is 22.3 Å². The van der Waals surface area contributed by atoms with Crippen molar-refractivity contribution >= 4 is 11.6 Å². The van der Waals surface area contributed by atoms with Crippen LogP contribution in [0.25, 0.3) is 0 Å². The molecule has 3 nitrogen and oxygen atoms in total.